The lowest BCUT2D eigenvalue weighted by Crippen LogP contribution is -2.37. The molecule has 116 heavy (non-hydrogen) atoms. The molecule has 4 unspecified atom stereocenters. The number of hydrogen-bond donors (Lipinski definition) is 2. The molecule has 0 saturated carbocycles. The number of nitrogens with zero attached hydrogens (tertiary/aromatic N) is 2. The van der Waals surface area contributed by atoms with Gasteiger partial charge < -0.3 is 47.8 Å². The number of aliphatic hydroxyl groups excluding tert-OH is 2. The minimum absolute atomic E-state index is 0.00157. The predicted octanol–water partition coefficient (Wildman–Crippen LogP) is 31.5. The fourth-order valence-electron chi connectivity index (χ4n) is 16.5. The zero-order valence-electron chi connectivity index (χ0n) is 80.8. The van der Waals surface area contributed by atoms with E-state index >= 15 is 0 Å². The normalized spacial score (nSPS) is 13.1. The molecule has 0 rings (SSSR count). The Balaban J connectivity index is 0. The topological polar surface area (TPSA) is 136 Å². The maximum Gasteiger partial charge on any atom is 0.308 e. The Morgan fingerprint density at radius 2 is 0.440 bits per heavy atom. The Labute approximate surface area is 728 Å². The summed E-state index contributed by atoms with van der Waals surface area (Å²) in [7, 11) is -3.38. The van der Waals surface area contributed by atoms with E-state index in [-0.39, 0.29) is 36.4 Å². The first-order valence-electron chi connectivity index (χ1n) is 52.2. The van der Waals surface area contributed by atoms with Gasteiger partial charge in [-0.3, -0.25) is 9.59 Å². The number of carbonyl (C=O) groups is 2. The highest BCUT2D eigenvalue weighted by atomic mass is 28.4. The molecule has 0 amide bonds. The van der Waals surface area contributed by atoms with Crippen LogP contribution in [0, 0.1) is 11.8 Å². The molecular weight excluding hydrogens is 1470 g/mol. The van der Waals surface area contributed by atoms with Crippen molar-refractivity contribution in [2.75, 3.05) is 78.9 Å². The second kappa shape index (κ2) is 93.2. The molecule has 0 spiro atoms. The molecule has 0 radical (unpaired) electrons. The van der Waals surface area contributed by atoms with Crippen molar-refractivity contribution in [2.24, 2.45) is 11.8 Å². The van der Waals surface area contributed by atoms with E-state index in [0.29, 0.717) is 26.4 Å². The third kappa shape index (κ3) is 85.2. The van der Waals surface area contributed by atoms with Gasteiger partial charge in [0.15, 0.2) is 16.6 Å². The van der Waals surface area contributed by atoms with Crippen LogP contribution in [0.4, 0.5) is 0 Å². The highest BCUT2D eigenvalue weighted by Crippen LogP contribution is 2.28. The maximum absolute atomic E-state index is 13.0. The van der Waals surface area contributed by atoms with Crippen LogP contribution < -0.4 is 0 Å². The van der Waals surface area contributed by atoms with Gasteiger partial charge in [0.2, 0.25) is 0 Å². The molecule has 14 heteroatoms. The van der Waals surface area contributed by atoms with Crippen molar-refractivity contribution in [1.82, 2.24) is 9.80 Å². The zero-order chi connectivity index (χ0) is 85.3. The first-order chi connectivity index (χ1) is 56.7. The number of unbranched alkanes of at least 4 members (excludes halogenated alkanes) is 50. The summed E-state index contributed by atoms with van der Waals surface area (Å²) in [4.78, 5) is 31.3. The van der Waals surface area contributed by atoms with Crippen LogP contribution in [0.3, 0.4) is 0 Å². The molecule has 12 nitrogen and oxygen atoms in total. The Morgan fingerprint density at radius 1 is 0.241 bits per heavy atom. The van der Waals surface area contributed by atoms with E-state index in [1.807, 2.05) is 0 Å². The van der Waals surface area contributed by atoms with Gasteiger partial charge in [0.25, 0.3) is 0 Å². The Hall–Kier alpha value is -0.946. The Bertz CT molecular complexity index is 1790. The van der Waals surface area contributed by atoms with Crippen molar-refractivity contribution >= 4 is 28.6 Å². The SMILES string of the molecule is CCCCCCCCC(CCCCCC)C(=O)OCCCCCCN(CCCCO)CCCCCCCCCOC(CCCCCCC)O[Si](C)(C)CCCCCC.CCCCCCCCC(CCCCCC)C(=O)OCCCCCCN(CCCCO)CCCCCCCCCOC(CCCCCCC)O[Si](C)(C)CCCCCC. The van der Waals surface area contributed by atoms with Gasteiger partial charge in [0.1, 0.15) is 12.6 Å². The van der Waals surface area contributed by atoms with Crippen molar-refractivity contribution in [3.63, 3.8) is 0 Å². The van der Waals surface area contributed by atoms with Crippen LogP contribution in [-0.2, 0) is 37.4 Å². The molecule has 0 aromatic rings. The molecular formula is C102H210N2O10Si2. The lowest BCUT2D eigenvalue weighted by atomic mass is 9.94. The van der Waals surface area contributed by atoms with Crippen LogP contribution >= 0.6 is 0 Å². The summed E-state index contributed by atoms with van der Waals surface area (Å²) in [6.45, 7) is 38.0. The molecule has 0 bridgehead atoms. The highest BCUT2D eigenvalue weighted by molar-refractivity contribution is 6.71. The van der Waals surface area contributed by atoms with Crippen molar-refractivity contribution in [3.8, 4) is 0 Å². The molecule has 0 aliphatic carbocycles. The molecule has 696 valence electrons. The molecule has 0 fully saturated rings. The summed E-state index contributed by atoms with van der Waals surface area (Å²) in [5, 5.41) is 18.7. The van der Waals surface area contributed by atoms with Crippen LogP contribution in [0.1, 0.15) is 505 Å². The number of rotatable bonds is 96. The second-order valence-corrected chi connectivity index (χ2v) is 45.8. The lowest BCUT2D eigenvalue weighted by Gasteiger charge is -2.29. The molecule has 0 aliphatic heterocycles. The van der Waals surface area contributed by atoms with E-state index in [1.54, 1.807) is 0 Å². The summed E-state index contributed by atoms with van der Waals surface area (Å²) >= 11 is 0. The smallest absolute Gasteiger partial charge is 0.308 e. The van der Waals surface area contributed by atoms with Crippen molar-refractivity contribution in [2.45, 2.75) is 556 Å². The predicted molar refractivity (Wildman–Crippen MR) is 511 cm³/mol. The number of aliphatic hydroxyl groups is 2. The van der Waals surface area contributed by atoms with Gasteiger partial charge in [-0.2, -0.15) is 0 Å². The van der Waals surface area contributed by atoms with Gasteiger partial charge >= 0.3 is 11.9 Å². The fraction of sp³-hybridized carbons (Fsp3) is 0.980. The lowest BCUT2D eigenvalue weighted by molar-refractivity contribution is -0.150. The van der Waals surface area contributed by atoms with Crippen LogP contribution in [0.15, 0.2) is 0 Å². The highest BCUT2D eigenvalue weighted by Gasteiger charge is 2.29. The molecule has 0 aromatic heterocycles. The van der Waals surface area contributed by atoms with Crippen molar-refractivity contribution in [1.29, 1.82) is 0 Å². The third-order valence-corrected chi connectivity index (χ3v) is 29.3. The van der Waals surface area contributed by atoms with Crippen LogP contribution in [-0.4, -0.2) is 140 Å². The van der Waals surface area contributed by atoms with E-state index in [1.165, 1.54) is 346 Å². The molecule has 0 aromatic carbocycles. The molecule has 0 saturated heterocycles. The standard InChI is InChI=1S/2C51H105NO5Si/c2*1-7-11-15-19-24-30-40-49(39-29-17-13-9-3)51(54)56-47-37-28-26-33-43-52(44-34-35-45-53)42-32-25-21-20-22-27-36-46-55-50(41-31-23-16-12-8-2)57-58(5,6)48-38-18-14-10-4/h2*49-50,53H,7-48H2,1-6H3. The summed E-state index contributed by atoms with van der Waals surface area (Å²) in [6, 6.07) is 2.50. The van der Waals surface area contributed by atoms with Gasteiger partial charge in [0.05, 0.1) is 25.0 Å². The second-order valence-electron chi connectivity index (χ2n) is 37.2. The molecule has 0 aliphatic rings. The zero-order valence-corrected chi connectivity index (χ0v) is 82.8. The molecule has 4 atom stereocenters. The fourth-order valence-corrected chi connectivity index (χ4v) is 20.7. The van der Waals surface area contributed by atoms with Crippen molar-refractivity contribution < 1.29 is 47.6 Å². The molecule has 0 heterocycles. The molecule has 2 N–H and O–H groups in total. The number of esters is 2. The first-order valence-corrected chi connectivity index (χ1v) is 58.5. The number of ether oxygens (including phenoxy) is 4. The van der Waals surface area contributed by atoms with Gasteiger partial charge in [-0.15, -0.1) is 0 Å². The van der Waals surface area contributed by atoms with E-state index < -0.39 is 16.6 Å². The average Bonchev–Trinajstić information content (AvgIpc) is 0.902. The van der Waals surface area contributed by atoms with Crippen LogP contribution in [0.5, 0.6) is 0 Å². The average molecular weight is 1680 g/mol. The third-order valence-electron chi connectivity index (χ3n) is 24.4. The van der Waals surface area contributed by atoms with Crippen molar-refractivity contribution in [3.05, 3.63) is 0 Å². The number of carbonyl (C=O) groups excluding carboxylic acids is 2. The van der Waals surface area contributed by atoms with Gasteiger partial charge in [0, 0.05) is 26.4 Å². The number of hydrogen-bond acceptors (Lipinski definition) is 12. The maximum atomic E-state index is 13.0. The summed E-state index contributed by atoms with van der Waals surface area (Å²) in [5.41, 5.74) is 0. The first kappa shape index (κ1) is 117. The van der Waals surface area contributed by atoms with E-state index in [0.717, 1.165) is 168 Å². The van der Waals surface area contributed by atoms with Gasteiger partial charge in [-0.05, 0) is 206 Å². The van der Waals surface area contributed by atoms with Gasteiger partial charge in [-0.1, -0.05) is 376 Å². The van der Waals surface area contributed by atoms with Crippen LogP contribution in [0.2, 0.25) is 38.3 Å². The largest absolute Gasteiger partial charge is 0.465 e. The summed E-state index contributed by atoms with van der Waals surface area (Å²) in [6.07, 6.45) is 85.6. The summed E-state index contributed by atoms with van der Waals surface area (Å²) < 4.78 is 38.0. The Morgan fingerprint density at radius 3 is 0.698 bits per heavy atom. The van der Waals surface area contributed by atoms with Crippen LogP contribution in [0.25, 0.3) is 0 Å². The summed E-state index contributed by atoms with van der Waals surface area (Å²) in [5.74, 6) is 0.347. The van der Waals surface area contributed by atoms with E-state index in [4.69, 9.17) is 27.8 Å². The minimum Gasteiger partial charge on any atom is -0.465 e. The van der Waals surface area contributed by atoms with Gasteiger partial charge in [-0.25, -0.2) is 0 Å². The van der Waals surface area contributed by atoms with E-state index in [9.17, 15) is 19.8 Å². The quantitative estimate of drug-likeness (QED) is 0.0260. The Kier molecular flexibility index (Phi) is 94.1. The monoisotopic (exact) mass is 1680 g/mol. The minimum atomic E-state index is -1.69. The van der Waals surface area contributed by atoms with E-state index in [2.05, 4.69) is 91.4 Å².